The van der Waals surface area contributed by atoms with Gasteiger partial charge in [0.15, 0.2) is 0 Å². The van der Waals surface area contributed by atoms with E-state index >= 15 is 0 Å². The summed E-state index contributed by atoms with van der Waals surface area (Å²) in [4.78, 5) is 0.269. The molecule has 5 heteroatoms. The van der Waals surface area contributed by atoms with Crippen LogP contribution in [0.25, 0.3) is 0 Å². The summed E-state index contributed by atoms with van der Waals surface area (Å²) in [7, 11) is -3.45. The van der Waals surface area contributed by atoms with Crippen LogP contribution in [0.15, 0.2) is 29.2 Å². The fraction of sp³-hybridized carbons (Fsp3) is 0.455. The van der Waals surface area contributed by atoms with Crippen molar-refractivity contribution in [1.82, 2.24) is 4.72 Å². The lowest BCUT2D eigenvalue weighted by molar-refractivity contribution is 0.523. The van der Waals surface area contributed by atoms with Gasteiger partial charge in [-0.1, -0.05) is 17.7 Å². The number of rotatable bonds is 4. The lowest BCUT2D eigenvalue weighted by atomic mass is 10.2. The first-order chi connectivity index (χ1) is 7.33. The third-order valence-electron chi connectivity index (χ3n) is 2.46. The van der Waals surface area contributed by atoms with Gasteiger partial charge in [-0.05, 0) is 32.9 Å². The highest BCUT2D eigenvalue weighted by Gasteiger charge is 2.18. The first-order valence-electron chi connectivity index (χ1n) is 5.17. The van der Waals surface area contributed by atoms with Crippen molar-refractivity contribution < 1.29 is 8.42 Å². The molecule has 0 saturated carbocycles. The van der Waals surface area contributed by atoms with Crippen molar-refractivity contribution >= 4 is 10.0 Å². The number of nitrogens with one attached hydrogen (secondary N) is 1. The lowest BCUT2D eigenvalue weighted by Crippen LogP contribution is -2.43. The van der Waals surface area contributed by atoms with Gasteiger partial charge in [-0.3, -0.25) is 0 Å². The molecule has 1 aromatic carbocycles. The standard InChI is InChI=1S/C11H18N2O2S/c1-8-4-6-11(7-5-8)16(14,15)13-10(3)9(2)12/h4-7,9-10,13H,12H2,1-3H3. The van der Waals surface area contributed by atoms with Crippen LogP contribution in [-0.2, 0) is 10.0 Å². The summed E-state index contributed by atoms with van der Waals surface area (Å²) in [6.07, 6.45) is 0. The minimum atomic E-state index is -3.45. The third kappa shape index (κ3) is 3.30. The molecule has 0 aliphatic rings. The largest absolute Gasteiger partial charge is 0.327 e. The average Bonchev–Trinajstić information content (AvgIpc) is 2.17. The van der Waals surface area contributed by atoms with Crippen LogP contribution in [0.2, 0.25) is 0 Å². The molecule has 1 rings (SSSR count). The van der Waals surface area contributed by atoms with E-state index < -0.39 is 10.0 Å². The van der Waals surface area contributed by atoms with Gasteiger partial charge in [-0.15, -0.1) is 0 Å². The first-order valence-corrected chi connectivity index (χ1v) is 6.66. The molecule has 0 aromatic heterocycles. The number of nitrogens with two attached hydrogens (primary N) is 1. The molecular formula is C11H18N2O2S. The fourth-order valence-electron chi connectivity index (χ4n) is 1.14. The molecule has 0 heterocycles. The summed E-state index contributed by atoms with van der Waals surface area (Å²) < 4.78 is 26.3. The number of benzene rings is 1. The monoisotopic (exact) mass is 242 g/mol. The Labute approximate surface area is 96.9 Å². The molecule has 1 aromatic rings. The van der Waals surface area contributed by atoms with Gasteiger partial charge in [-0.25, -0.2) is 13.1 Å². The Kier molecular flexibility index (Phi) is 4.07. The normalized spacial score (nSPS) is 15.8. The molecule has 0 spiro atoms. The minimum Gasteiger partial charge on any atom is -0.327 e. The van der Waals surface area contributed by atoms with Crippen LogP contribution in [0.1, 0.15) is 19.4 Å². The van der Waals surface area contributed by atoms with E-state index in [0.29, 0.717) is 0 Å². The highest BCUT2D eigenvalue weighted by Crippen LogP contribution is 2.10. The van der Waals surface area contributed by atoms with E-state index in [1.807, 2.05) is 6.92 Å². The molecule has 2 atom stereocenters. The predicted molar refractivity (Wildman–Crippen MR) is 64.6 cm³/mol. The summed E-state index contributed by atoms with van der Waals surface area (Å²) in [5.41, 5.74) is 6.65. The zero-order valence-corrected chi connectivity index (χ0v) is 10.6. The average molecular weight is 242 g/mol. The van der Waals surface area contributed by atoms with Crippen LogP contribution in [0.5, 0.6) is 0 Å². The van der Waals surface area contributed by atoms with Crippen LogP contribution in [0.4, 0.5) is 0 Å². The van der Waals surface area contributed by atoms with Gasteiger partial charge in [0.2, 0.25) is 10.0 Å². The molecule has 0 radical (unpaired) electrons. The van der Waals surface area contributed by atoms with Gasteiger partial charge >= 0.3 is 0 Å². The molecule has 0 amide bonds. The van der Waals surface area contributed by atoms with Crippen LogP contribution < -0.4 is 10.5 Å². The van der Waals surface area contributed by atoms with Crippen molar-refractivity contribution in [2.75, 3.05) is 0 Å². The summed E-state index contributed by atoms with van der Waals surface area (Å²) in [6, 6.07) is 6.21. The van der Waals surface area contributed by atoms with Gasteiger partial charge in [0.05, 0.1) is 4.90 Å². The second kappa shape index (κ2) is 4.95. The van der Waals surface area contributed by atoms with E-state index in [4.69, 9.17) is 5.73 Å². The van der Waals surface area contributed by atoms with Gasteiger partial charge in [0, 0.05) is 12.1 Å². The third-order valence-corrected chi connectivity index (χ3v) is 4.04. The van der Waals surface area contributed by atoms with Crippen molar-refractivity contribution in [3.63, 3.8) is 0 Å². The smallest absolute Gasteiger partial charge is 0.240 e. The Morgan fingerprint density at radius 2 is 1.69 bits per heavy atom. The zero-order valence-electron chi connectivity index (χ0n) is 9.77. The topological polar surface area (TPSA) is 72.2 Å². The van der Waals surface area contributed by atoms with Crippen molar-refractivity contribution in [3.8, 4) is 0 Å². The van der Waals surface area contributed by atoms with E-state index in [0.717, 1.165) is 5.56 Å². The zero-order chi connectivity index (χ0) is 12.3. The molecule has 0 bridgehead atoms. The summed E-state index contributed by atoms with van der Waals surface area (Å²) in [5, 5.41) is 0. The molecule has 0 saturated heterocycles. The molecular weight excluding hydrogens is 224 g/mol. The van der Waals surface area contributed by atoms with Crippen molar-refractivity contribution in [2.24, 2.45) is 5.73 Å². The maximum atomic E-state index is 11.9. The summed E-state index contributed by atoms with van der Waals surface area (Å²) in [6.45, 7) is 5.42. The van der Waals surface area contributed by atoms with Gasteiger partial charge in [0.25, 0.3) is 0 Å². The van der Waals surface area contributed by atoms with Gasteiger partial charge in [0.1, 0.15) is 0 Å². The van der Waals surface area contributed by atoms with E-state index in [-0.39, 0.29) is 17.0 Å². The predicted octanol–water partition coefficient (Wildman–Crippen LogP) is 1.01. The Bertz CT molecular complexity index is 438. The Hall–Kier alpha value is -0.910. The number of hydrogen-bond donors (Lipinski definition) is 2. The van der Waals surface area contributed by atoms with E-state index in [9.17, 15) is 8.42 Å². The maximum Gasteiger partial charge on any atom is 0.240 e. The fourth-order valence-corrected chi connectivity index (χ4v) is 2.47. The number of hydrogen-bond acceptors (Lipinski definition) is 3. The van der Waals surface area contributed by atoms with Crippen molar-refractivity contribution in [3.05, 3.63) is 29.8 Å². The Morgan fingerprint density at radius 3 is 2.12 bits per heavy atom. The van der Waals surface area contributed by atoms with Crippen LogP contribution in [0.3, 0.4) is 0 Å². The van der Waals surface area contributed by atoms with E-state index in [2.05, 4.69) is 4.72 Å². The number of aryl methyl sites for hydroxylation is 1. The summed E-state index contributed by atoms with van der Waals surface area (Å²) in [5.74, 6) is 0. The van der Waals surface area contributed by atoms with Gasteiger partial charge in [-0.2, -0.15) is 0 Å². The second-order valence-corrected chi connectivity index (χ2v) is 5.80. The molecule has 0 fully saturated rings. The molecule has 3 N–H and O–H groups in total. The molecule has 0 aliphatic heterocycles. The molecule has 2 unspecified atom stereocenters. The van der Waals surface area contributed by atoms with Crippen LogP contribution in [-0.4, -0.2) is 20.5 Å². The van der Waals surface area contributed by atoms with E-state index in [1.54, 1.807) is 38.1 Å². The minimum absolute atomic E-state index is 0.222. The van der Waals surface area contributed by atoms with Gasteiger partial charge < -0.3 is 5.73 Å². The SMILES string of the molecule is Cc1ccc(S(=O)(=O)NC(C)C(C)N)cc1. The second-order valence-electron chi connectivity index (χ2n) is 4.08. The highest BCUT2D eigenvalue weighted by molar-refractivity contribution is 7.89. The Balaban J connectivity index is 2.90. The van der Waals surface area contributed by atoms with Crippen LogP contribution >= 0.6 is 0 Å². The molecule has 16 heavy (non-hydrogen) atoms. The quantitative estimate of drug-likeness (QED) is 0.827. The van der Waals surface area contributed by atoms with E-state index in [1.165, 1.54) is 0 Å². The maximum absolute atomic E-state index is 11.9. The molecule has 90 valence electrons. The highest BCUT2D eigenvalue weighted by atomic mass is 32.2. The summed E-state index contributed by atoms with van der Waals surface area (Å²) >= 11 is 0. The lowest BCUT2D eigenvalue weighted by Gasteiger charge is -2.17. The number of sulfonamides is 1. The van der Waals surface area contributed by atoms with Crippen molar-refractivity contribution in [1.29, 1.82) is 0 Å². The molecule has 4 nitrogen and oxygen atoms in total. The Morgan fingerprint density at radius 1 is 1.19 bits per heavy atom. The van der Waals surface area contributed by atoms with Crippen LogP contribution in [0, 0.1) is 6.92 Å². The van der Waals surface area contributed by atoms with Crippen molar-refractivity contribution in [2.45, 2.75) is 37.8 Å². The molecule has 0 aliphatic carbocycles. The first kappa shape index (κ1) is 13.2.